The fraction of sp³-hybridized carbons (Fsp3) is 0.440. The summed E-state index contributed by atoms with van der Waals surface area (Å²) >= 11 is 0. The van der Waals surface area contributed by atoms with Gasteiger partial charge in [0.25, 0.3) is 11.8 Å². The van der Waals surface area contributed by atoms with Crippen molar-refractivity contribution >= 4 is 17.5 Å². The maximum absolute atomic E-state index is 13.4. The zero-order valence-corrected chi connectivity index (χ0v) is 19.9. The molecule has 3 atom stereocenters. The van der Waals surface area contributed by atoms with Crippen LogP contribution >= 0.6 is 0 Å². The fourth-order valence-electron chi connectivity index (χ4n) is 3.98. The molecule has 2 amide bonds. The Morgan fingerprint density at radius 3 is 2.65 bits per heavy atom. The van der Waals surface area contributed by atoms with E-state index in [2.05, 4.69) is 17.6 Å². The summed E-state index contributed by atoms with van der Waals surface area (Å²) < 4.78 is 22.3. The number of nitrogens with zero attached hydrogens (tertiary/aromatic N) is 1. The van der Waals surface area contributed by atoms with Crippen molar-refractivity contribution < 1.29 is 28.5 Å². The number of methoxy groups -OCH3 is 1. The number of ether oxygens (including phenoxy) is 4. The Kier molecular flexibility index (Phi) is 7.23. The second kappa shape index (κ2) is 10.3. The number of nitrogens with one attached hydrogen (secondary N) is 2. The van der Waals surface area contributed by atoms with E-state index < -0.39 is 0 Å². The Labute approximate surface area is 199 Å². The Balaban J connectivity index is 1.58. The molecule has 0 radical (unpaired) electrons. The Hall–Kier alpha value is -3.30. The van der Waals surface area contributed by atoms with Gasteiger partial charge in [0, 0.05) is 44.5 Å². The normalized spacial score (nSPS) is 22.8. The lowest BCUT2D eigenvalue weighted by Gasteiger charge is -2.30. The highest BCUT2D eigenvalue weighted by atomic mass is 16.7. The van der Waals surface area contributed by atoms with Crippen LogP contribution in [0.15, 0.2) is 36.4 Å². The number of anilines is 1. The SMILES string of the molecule is CO[C@H]1CN(C)C(=O)c2cc(NC(=O)c3ccc4c(c3)OCO4)ccc2OC[C@H](C)NC[C@@H]1C. The second-order valence-corrected chi connectivity index (χ2v) is 8.79. The van der Waals surface area contributed by atoms with Gasteiger partial charge < -0.3 is 34.5 Å². The predicted molar refractivity (Wildman–Crippen MR) is 127 cm³/mol. The zero-order chi connectivity index (χ0) is 24.2. The van der Waals surface area contributed by atoms with Gasteiger partial charge in [0.15, 0.2) is 11.5 Å². The van der Waals surface area contributed by atoms with Crippen LogP contribution in [0.2, 0.25) is 0 Å². The standard InChI is InChI=1S/C25H31N3O6/c1-15-11-26-16(2)13-32-20-8-6-18(10-19(20)25(30)28(3)12-23(15)31-4)27-24(29)17-5-7-21-22(9-17)34-14-33-21/h5-10,15-16,23,26H,11-14H2,1-4H3,(H,27,29)/t15-,16-,23-/m0/s1. The maximum atomic E-state index is 13.4. The lowest BCUT2D eigenvalue weighted by Crippen LogP contribution is -2.44. The molecule has 0 aliphatic carbocycles. The Morgan fingerprint density at radius 2 is 1.85 bits per heavy atom. The summed E-state index contributed by atoms with van der Waals surface area (Å²) in [6, 6.07) is 10.2. The third-order valence-corrected chi connectivity index (χ3v) is 6.12. The summed E-state index contributed by atoms with van der Waals surface area (Å²) in [4.78, 5) is 27.8. The maximum Gasteiger partial charge on any atom is 0.257 e. The number of carbonyl (C=O) groups is 2. The first-order chi connectivity index (χ1) is 16.4. The quantitative estimate of drug-likeness (QED) is 0.713. The van der Waals surface area contributed by atoms with Crippen LogP contribution in [0.3, 0.4) is 0 Å². The Bertz CT molecular complexity index is 1060. The molecule has 0 bridgehead atoms. The largest absolute Gasteiger partial charge is 0.491 e. The highest BCUT2D eigenvalue weighted by molar-refractivity contribution is 6.06. The van der Waals surface area contributed by atoms with Crippen LogP contribution in [-0.4, -0.2) is 69.5 Å². The summed E-state index contributed by atoms with van der Waals surface area (Å²) in [5.41, 5.74) is 1.29. The average molecular weight is 470 g/mol. The number of amides is 2. The van der Waals surface area contributed by atoms with Crippen molar-refractivity contribution in [2.24, 2.45) is 5.92 Å². The first kappa shape index (κ1) is 23.8. The molecule has 0 spiro atoms. The van der Waals surface area contributed by atoms with Crippen molar-refractivity contribution in [3.05, 3.63) is 47.5 Å². The van der Waals surface area contributed by atoms with Gasteiger partial charge in [-0.25, -0.2) is 0 Å². The Morgan fingerprint density at radius 1 is 1.09 bits per heavy atom. The van der Waals surface area contributed by atoms with Gasteiger partial charge in [0.1, 0.15) is 12.4 Å². The highest BCUT2D eigenvalue weighted by Gasteiger charge is 2.26. The van der Waals surface area contributed by atoms with Gasteiger partial charge in [-0.15, -0.1) is 0 Å². The van der Waals surface area contributed by atoms with Crippen LogP contribution in [0.4, 0.5) is 5.69 Å². The molecule has 2 aromatic rings. The van der Waals surface area contributed by atoms with Crippen LogP contribution in [0, 0.1) is 5.92 Å². The summed E-state index contributed by atoms with van der Waals surface area (Å²) in [5.74, 6) is 1.28. The van der Waals surface area contributed by atoms with E-state index in [4.69, 9.17) is 18.9 Å². The van der Waals surface area contributed by atoms with Gasteiger partial charge in [0.05, 0.1) is 11.7 Å². The molecule has 0 fully saturated rings. The molecular formula is C25H31N3O6. The number of fused-ring (bicyclic) bond motifs is 2. The molecule has 0 unspecified atom stereocenters. The van der Waals surface area contributed by atoms with E-state index in [1.54, 1.807) is 55.5 Å². The third-order valence-electron chi connectivity index (χ3n) is 6.12. The number of rotatable bonds is 3. The van der Waals surface area contributed by atoms with Gasteiger partial charge in [-0.05, 0) is 49.2 Å². The minimum atomic E-state index is -0.320. The average Bonchev–Trinajstić information content (AvgIpc) is 3.31. The monoisotopic (exact) mass is 469 g/mol. The molecule has 2 aromatic carbocycles. The minimum absolute atomic E-state index is 0.0884. The van der Waals surface area contributed by atoms with Crippen LogP contribution < -0.4 is 24.8 Å². The first-order valence-corrected chi connectivity index (χ1v) is 11.3. The van der Waals surface area contributed by atoms with E-state index in [0.29, 0.717) is 47.2 Å². The molecule has 2 aliphatic heterocycles. The van der Waals surface area contributed by atoms with E-state index in [1.807, 2.05) is 6.92 Å². The molecule has 2 N–H and O–H groups in total. The number of likely N-dealkylation sites (N-methyl/N-ethyl adjacent to an activating group) is 1. The molecule has 0 aromatic heterocycles. The first-order valence-electron chi connectivity index (χ1n) is 11.3. The van der Waals surface area contributed by atoms with Crippen molar-refractivity contribution in [2.75, 3.05) is 46.0 Å². The van der Waals surface area contributed by atoms with Crippen molar-refractivity contribution in [1.29, 1.82) is 0 Å². The number of hydrogen-bond donors (Lipinski definition) is 2. The van der Waals surface area contributed by atoms with Gasteiger partial charge in [-0.2, -0.15) is 0 Å². The molecule has 2 heterocycles. The molecule has 2 aliphatic rings. The lowest BCUT2D eigenvalue weighted by molar-refractivity contribution is 0.0281. The van der Waals surface area contributed by atoms with Crippen molar-refractivity contribution in [2.45, 2.75) is 26.0 Å². The number of benzene rings is 2. The van der Waals surface area contributed by atoms with E-state index in [0.717, 1.165) is 6.54 Å². The summed E-state index contributed by atoms with van der Waals surface area (Å²) in [6.07, 6.45) is -0.119. The zero-order valence-electron chi connectivity index (χ0n) is 19.9. The number of carbonyl (C=O) groups excluding carboxylic acids is 2. The predicted octanol–water partition coefficient (Wildman–Crippen LogP) is 2.76. The third kappa shape index (κ3) is 5.26. The molecule has 0 saturated carbocycles. The topological polar surface area (TPSA) is 98.4 Å². The lowest BCUT2D eigenvalue weighted by atomic mass is 10.0. The van der Waals surface area contributed by atoms with E-state index in [-0.39, 0.29) is 36.7 Å². The summed E-state index contributed by atoms with van der Waals surface area (Å²) in [5, 5.41) is 6.32. The molecule has 182 valence electrons. The van der Waals surface area contributed by atoms with Gasteiger partial charge in [-0.3, -0.25) is 9.59 Å². The van der Waals surface area contributed by atoms with Crippen LogP contribution in [0.5, 0.6) is 17.2 Å². The van der Waals surface area contributed by atoms with Crippen LogP contribution in [0.1, 0.15) is 34.6 Å². The van der Waals surface area contributed by atoms with Crippen molar-refractivity contribution in [3.63, 3.8) is 0 Å². The smallest absolute Gasteiger partial charge is 0.257 e. The van der Waals surface area contributed by atoms with E-state index in [1.165, 1.54) is 0 Å². The van der Waals surface area contributed by atoms with Gasteiger partial charge in [-0.1, -0.05) is 6.92 Å². The van der Waals surface area contributed by atoms with Crippen LogP contribution in [0.25, 0.3) is 0 Å². The van der Waals surface area contributed by atoms with Crippen molar-refractivity contribution in [1.82, 2.24) is 10.2 Å². The van der Waals surface area contributed by atoms with E-state index in [9.17, 15) is 9.59 Å². The molecule has 0 saturated heterocycles. The molecule has 9 heteroatoms. The molecular weight excluding hydrogens is 438 g/mol. The second-order valence-electron chi connectivity index (χ2n) is 8.79. The highest BCUT2D eigenvalue weighted by Crippen LogP contribution is 2.33. The molecule has 4 rings (SSSR count). The van der Waals surface area contributed by atoms with Gasteiger partial charge >= 0.3 is 0 Å². The van der Waals surface area contributed by atoms with E-state index >= 15 is 0 Å². The summed E-state index contributed by atoms with van der Waals surface area (Å²) in [7, 11) is 3.40. The van der Waals surface area contributed by atoms with Crippen molar-refractivity contribution in [3.8, 4) is 17.2 Å². The molecule has 34 heavy (non-hydrogen) atoms. The summed E-state index contributed by atoms with van der Waals surface area (Å²) in [6.45, 7) is 5.85. The van der Waals surface area contributed by atoms with Gasteiger partial charge in [0.2, 0.25) is 6.79 Å². The fourth-order valence-corrected chi connectivity index (χ4v) is 3.98. The number of hydrogen-bond acceptors (Lipinski definition) is 7. The molecule has 9 nitrogen and oxygen atoms in total. The minimum Gasteiger partial charge on any atom is -0.491 e. The van der Waals surface area contributed by atoms with Crippen LogP contribution in [-0.2, 0) is 4.74 Å².